The lowest BCUT2D eigenvalue weighted by atomic mass is 10.0. The van der Waals surface area contributed by atoms with E-state index in [9.17, 15) is 9.59 Å². The number of hydrogen-bond donors (Lipinski definition) is 0. The van der Waals surface area contributed by atoms with Crippen molar-refractivity contribution < 1.29 is 19.1 Å². The van der Waals surface area contributed by atoms with Gasteiger partial charge in [-0.1, -0.05) is 13.8 Å². The summed E-state index contributed by atoms with van der Waals surface area (Å²) in [4.78, 5) is 23.4. The molecule has 1 aromatic carbocycles. The van der Waals surface area contributed by atoms with Crippen LogP contribution < -0.4 is 4.74 Å². The van der Waals surface area contributed by atoms with Crippen molar-refractivity contribution in [3.05, 3.63) is 29.3 Å². The highest BCUT2D eigenvalue weighted by atomic mass is 16.5. The zero-order chi connectivity index (χ0) is 14.3. The number of ketones is 1. The molecule has 1 aromatic rings. The molecule has 0 amide bonds. The van der Waals surface area contributed by atoms with Gasteiger partial charge in [0.05, 0.1) is 13.2 Å². The van der Waals surface area contributed by atoms with E-state index < -0.39 is 11.8 Å². The van der Waals surface area contributed by atoms with Crippen LogP contribution in [0.5, 0.6) is 5.75 Å². The number of aryl methyl sites for hydroxylation is 1. The lowest BCUT2D eigenvalue weighted by Crippen LogP contribution is -2.19. The highest BCUT2D eigenvalue weighted by molar-refractivity contribution is 6.41. The number of ether oxygens (including phenoxy) is 2. The standard InChI is InChI=1S/C15H20O4/c1-4-9-19-12-7-8-13(11(5-2)10-12)14(16)15(17)18-6-3/h7-8,10H,4-6,9H2,1-3H3. The normalized spacial score (nSPS) is 10.1. The Bertz CT molecular complexity index is 451. The van der Waals surface area contributed by atoms with E-state index in [-0.39, 0.29) is 6.61 Å². The summed E-state index contributed by atoms with van der Waals surface area (Å²) in [6, 6.07) is 5.15. The van der Waals surface area contributed by atoms with Crippen molar-refractivity contribution in [2.24, 2.45) is 0 Å². The van der Waals surface area contributed by atoms with E-state index in [0.717, 1.165) is 17.7 Å². The Labute approximate surface area is 113 Å². The quantitative estimate of drug-likeness (QED) is 0.431. The van der Waals surface area contributed by atoms with Crippen molar-refractivity contribution in [3.8, 4) is 5.75 Å². The van der Waals surface area contributed by atoms with Crippen LogP contribution in [0.2, 0.25) is 0 Å². The Morgan fingerprint density at radius 2 is 1.89 bits per heavy atom. The fourth-order valence-corrected chi connectivity index (χ4v) is 1.70. The average Bonchev–Trinajstić information content (AvgIpc) is 2.44. The summed E-state index contributed by atoms with van der Waals surface area (Å²) >= 11 is 0. The summed E-state index contributed by atoms with van der Waals surface area (Å²) in [6.07, 6.45) is 1.58. The molecule has 0 aromatic heterocycles. The molecule has 0 aliphatic heterocycles. The van der Waals surface area contributed by atoms with Crippen LogP contribution in [-0.4, -0.2) is 25.0 Å². The van der Waals surface area contributed by atoms with E-state index in [1.54, 1.807) is 19.1 Å². The average molecular weight is 264 g/mol. The van der Waals surface area contributed by atoms with Gasteiger partial charge in [-0.15, -0.1) is 0 Å². The second kappa shape index (κ2) is 7.56. The fourth-order valence-electron chi connectivity index (χ4n) is 1.70. The van der Waals surface area contributed by atoms with Gasteiger partial charge in [0.15, 0.2) is 0 Å². The molecule has 0 heterocycles. The van der Waals surface area contributed by atoms with Crippen LogP contribution in [0, 0.1) is 0 Å². The van der Waals surface area contributed by atoms with Crippen LogP contribution in [0.15, 0.2) is 18.2 Å². The van der Waals surface area contributed by atoms with Crippen molar-refractivity contribution in [3.63, 3.8) is 0 Å². The van der Waals surface area contributed by atoms with Crippen molar-refractivity contribution in [1.29, 1.82) is 0 Å². The van der Waals surface area contributed by atoms with Gasteiger partial charge in [0, 0.05) is 5.56 Å². The third-order valence-electron chi connectivity index (χ3n) is 2.64. The molecular formula is C15H20O4. The molecule has 0 aliphatic carbocycles. The number of carbonyl (C=O) groups excluding carboxylic acids is 2. The Morgan fingerprint density at radius 1 is 1.16 bits per heavy atom. The van der Waals surface area contributed by atoms with Gasteiger partial charge in [-0.2, -0.15) is 0 Å². The molecule has 4 heteroatoms. The Morgan fingerprint density at radius 3 is 2.47 bits per heavy atom. The highest BCUT2D eigenvalue weighted by Crippen LogP contribution is 2.19. The monoisotopic (exact) mass is 264 g/mol. The largest absolute Gasteiger partial charge is 0.494 e. The third kappa shape index (κ3) is 4.09. The van der Waals surface area contributed by atoms with Crippen LogP contribution >= 0.6 is 0 Å². The van der Waals surface area contributed by atoms with Gasteiger partial charge >= 0.3 is 5.97 Å². The molecule has 0 atom stereocenters. The maximum atomic E-state index is 11.9. The molecule has 4 nitrogen and oxygen atoms in total. The van der Waals surface area contributed by atoms with Crippen LogP contribution in [0.4, 0.5) is 0 Å². The Kier molecular flexibility index (Phi) is 6.06. The molecule has 0 bridgehead atoms. The van der Waals surface area contributed by atoms with Crippen molar-refractivity contribution in [2.75, 3.05) is 13.2 Å². The van der Waals surface area contributed by atoms with Gasteiger partial charge < -0.3 is 9.47 Å². The minimum absolute atomic E-state index is 0.198. The SMILES string of the molecule is CCCOc1ccc(C(=O)C(=O)OCC)c(CC)c1. The Balaban J connectivity index is 2.95. The van der Waals surface area contributed by atoms with E-state index in [0.29, 0.717) is 18.6 Å². The predicted octanol–water partition coefficient (Wildman–Crippen LogP) is 2.78. The van der Waals surface area contributed by atoms with Gasteiger partial charge in [-0.3, -0.25) is 4.79 Å². The summed E-state index contributed by atoms with van der Waals surface area (Å²) in [5, 5.41) is 0. The van der Waals surface area contributed by atoms with Gasteiger partial charge in [-0.05, 0) is 43.5 Å². The third-order valence-corrected chi connectivity index (χ3v) is 2.64. The smallest absolute Gasteiger partial charge is 0.379 e. The van der Waals surface area contributed by atoms with Crippen LogP contribution in [0.1, 0.15) is 43.1 Å². The van der Waals surface area contributed by atoms with Gasteiger partial charge in [0.2, 0.25) is 0 Å². The van der Waals surface area contributed by atoms with E-state index in [4.69, 9.17) is 9.47 Å². The number of benzene rings is 1. The maximum absolute atomic E-state index is 11.9. The van der Waals surface area contributed by atoms with E-state index in [2.05, 4.69) is 0 Å². The molecule has 0 saturated heterocycles. The molecule has 19 heavy (non-hydrogen) atoms. The summed E-state index contributed by atoms with van der Waals surface area (Å²) in [5.41, 5.74) is 1.19. The van der Waals surface area contributed by atoms with Gasteiger partial charge in [0.25, 0.3) is 5.78 Å². The molecule has 0 radical (unpaired) electrons. The summed E-state index contributed by atoms with van der Waals surface area (Å²) in [5.74, 6) is -0.681. The predicted molar refractivity (Wildman–Crippen MR) is 72.6 cm³/mol. The molecule has 104 valence electrons. The van der Waals surface area contributed by atoms with E-state index in [1.165, 1.54) is 0 Å². The molecule has 0 N–H and O–H groups in total. The first-order chi connectivity index (χ1) is 9.13. The summed E-state index contributed by atoms with van der Waals surface area (Å²) in [6.45, 7) is 6.46. The highest BCUT2D eigenvalue weighted by Gasteiger charge is 2.20. The van der Waals surface area contributed by atoms with Crippen LogP contribution in [0.25, 0.3) is 0 Å². The van der Waals surface area contributed by atoms with Gasteiger partial charge in [-0.25, -0.2) is 4.79 Å². The number of rotatable bonds is 7. The number of carbonyl (C=O) groups is 2. The minimum Gasteiger partial charge on any atom is -0.494 e. The topological polar surface area (TPSA) is 52.6 Å². The van der Waals surface area contributed by atoms with Crippen molar-refractivity contribution >= 4 is 11.8 Å². The molecule has 0 aliphatic rings. The number of Topliss-reactive ketones (excluding diaryl/α,β-unsaturated/α-hetero) is 1. The first-order valence-corrected chi connectivity index (χ1v) is 6.61. The fraction of sp³-hybridized carbons (Fsp3) is 0.467. The molecule has 0 spiro atoms. The molecule has 1 rings (SSSR count). The van der Waals surface area contributed by atoms with E-state index >= 15 is 0 Å². The Hall–Kier alpha value is -1.84. The number of hydrogen-bond acceptors (Lipinski definition) is 4. The lowest BCUT2D eigenvalue weighted by molar-refractivity contribution is -0.137. The second-order valence-corrected chi connectivity index (χ2v) is 4.07. The molecule has 0 unspecified atom stereocenters. The maximum Gasteiger partial charge on any atom is 0.379 e. The molecular weight excluding hydrogens is 244 g/mol. The second-order valence-electron chi connectivity index (χ2n) is 4.07. The minimum atomic E-state index is -0.806. The van der Waals surface area contributed by atoms with Gasteiger partial charge in [0.1, 0.15) is 5.75 Å². The van der Waals surface area contributed by atoms with Crippen molar-refractivity contribution in [1.82, 2.24) is 0 Å². The first-order valence-electron chi connectivity index (χ1n) is 6.61. The summed E-state index contributed by atoms with van der Waals surface area (Å²) in [7, 11) is 0. The van der Waals surface area contributed by atoms with Crippen molar-refractivity contribution in [2.45, 2.75) is 33.6 Å². The molecule has 0 saturated carbocycles. The number of esters is 1. The summed E-state index contributed by atoms with van der Waals surface area (Å²) < 4.78 is 10.2. The zero-order valence-electron chi connectivity index (χ0n) is 11.7. The van der Waals surface area contributed by atoms with E-state index in [1.807, 2.05) is 19.9 Å². The van der Waals surface area contributed by atoms with Crippen LogP contribution in [-0.2, 0) is 16.0 Å². The first kappa shape index (κ1) is 15.2. The zero-order valence-corrected chi connectivity index (χ0v) is 11.7. The molecule has 0 fully saturated rings. The van der Waals surface area contributed by atoms with Crippen LogP contribution in [0.3, 0.4) is 0 Å². The lowest BCUT2D eigenvalue weighted by Gasteiger charge is -2.10.